The van der Waals surface area contributed by atoms with E-state index in [0.29, 0.717) is 17.5 Å². The maximum absolute atomic E-state index is 13.0. The van der Waals surface area contributed by atoms with Gasteiger partial charge in [0.2, 0.25) is 0 Å². The van der Waals surface area contributed by atoms with Crippen LogP contribution in [0, 0.1) is 0 Å². The lowest BCUT2D eigenvalue weighted by molar-refractivity contribution is -0.137. The molecule has 2 aromatic heterocycles. The van der Waals surface area contributed by atoms with Gasteiger partial charge in [-0.2, -0.15) is 18.2 Å². The summed E-state index contributed by atoms with van der Waals surface area (Å²) in [6.45, 7) is 1.78. The van der Waals surface area contributed by atoms with Gasteiger partial charge in [0, 0.05) is 17.8 Å². The minimum Gasteiger partial charge on any atom is -0.259 e. The Bertz CT molecular complexity index is 920. The van der Waals surface area contributed by atoms with Crippen molar-refractivity contribution in [3.8, 4) is 5.82 Å². The number of nitrogens with zero attached hydrogens (tertiary/aromatic N) is 4. The summed E-state index contributed by atoms with van der Waals surface area (Å²) in [5.74, 6) is 0.122. The van der Waals surface area contributed by atoms with E-state index < -0.39 is 17.4 Å². The van der Waals surface area contributed by atoms with Crippen molar-refractivity contribution in [2.45, 2.75) is 19.5 Å². The van der Waals surface area contributed by atoms with Gasteiger partial charge in [0.05, 0.1) is 23.0 Å². The van der Waals surface area contributed by atoms with Gasteiger partial charge in [0.15, 0.2) is 5.82 Å². The van der Waals surface area contributed by atoms with Gasteiger partial charge in [-0.25, -0.2) is 14.3 Å². The first-order valence-corrected chi connectivity index (χ1v) is 6.81. The first-order chi connectivity index (χ1) is 10.9. The number of halogens is 3. The molecule has 1 aromatic carbocycles. The summed E-state index contributed by atoms with van der Waals surface area (Å²) >= 11 is 0. The molecule has 23 heavy (non-hydrogen) atoms. The molecule has 0 fully saturated rings. The molecule has 0 radical (unpaired) electrons. The van der Waals surface area contributed by atoms with Crippen molar-refractivity contribution >= 4 is 10.9 Å². The Labute approximate surface area is 128 Å². The van der Waals surface area contributed by atoms with Crippen LogP contribution in [0.3, 0.4) is 0 Å². The number of aromatic nitrogens is 4. The van der Waals surface area contributed by atoms with Crippen LogP contribution < -0.4 is 5.69 Å². The van der Waals surface area contributed by atoms with Crippen molar-refractivity contribution < 1.29 is 13.2 Å². The monoisotopic (exact) mass is 320 g/mol. The molecule has 0 unspecified atom stereocenters. The Morgan fingerprint density at radius 1 is 1.22 bits per heavy atom. The van der Waals surface area contributed by atoms with E-state index in [1.165, 1.54) is 24.7 Å². The third kappa shape index (κ3) is 2.67. The fourth-order valence-electron chi connectivity index (χ4n) is 2.36. The highest BCUT2D eigenvalue weighted by molar-refractivity contribution is 5.83. The minimum absolute atomic E-state index is 0.108. The van der Waals surface area contributed by atoms with Crippen LogP contribution in [0.25, 0.3) is 16.7 Å². The van der Waals surface area contributed by atoms with Gasteiger partial charge in [-0.1, -0.05) is 13.0 Å². The molecule has 0 saturated carbocycles. The number of hydrogen-bond acceptors (Lipinski definition) is 4. The molecule has 2 heterocycles. The summed E-state index contributed by atoms with van der Waals surface area (Å²) in [6, 6.07) is 3.25. The van der Waals surface area contributed by atoms with Gasteiger partial charge in [-0.15, -0.1) is 0 Å². The highest BCUT2D eigenvalue weighted by Gasteiger charge is 2.31. The summed E-state index contributed by atoms with van der Waals surface area (Å²) in [4.78, 5) is 24.1. The van der Waals surface area contributed by atoms with Crippen LogP contribution >= 0.6 is 0 Å². The first kappa shape index (κ1) is 15.1. The van der Waals surface area contributed by atoms with E-state index >= 15 is 0 Å². The van der Waals surface area contributed by atoms with Crippen LogP contribution in [0.5, 0.6) is 0 Å². The first-order valence-electron chi connectivity index (χ1n) is 6.81. The van der Waals surface area contributed by atoms with E-state index in [-0.39, 0.29) is 11.3 Å². The third-order valence-corrected chi connectivity index (χ3v) is 3.41. The van der Waals surface area contributed by atoms with E-state index in [0.717, 1.165) is 16.7 Å². The molecule has 0 saturated heterocycles. The summed E-state index contributed by atoms with van der Waals surface area (Å²) in [5.41, 5.74) is -0.972. The molecule has 0 bridgehead atoms. The normalized spacial score (nSPS) is 11.8. The Kier molecular flexibility index (Phi) is 3.59. The molecule has 0 spiro atoms. The van der Waals surface area contributed by atoms with Crippen molar-refractivity contribution in [2.75, 3.05) is 0 Å². The molecule has 0 atom stereocenters. The molecule has 3 aromatic rings. The van der Waals surface area contributed by atoms with Crippen molar-refractivity contribution in [3.63, 3.8) is 0 Å². The molecular weight excluding hydrogens is 309 g/mol. The Morgan fingerprint density at radius 2 is 2.00 bits per heavy atom. The lowest BCUT2D eigenvalue weighted by Crippen LogP contribution is -2.24. The van der Waals surface area contributed by atoms with E-state index in [9.17, 15) is 18.0 Å². The summed E-state index contributed by atoms with van der Waals surface area (Å²) in [5, 5.41) is 0.478. The van der Waals surface area contributed by atoms with Crippen LogP contribution in [0.1, 0.15) is 18.2 Å². The molecular formula is C15H11F3N4O. The van der Waals surface area contributed by atoms with E-state index in [2.05, 4.69) is 15.0 Å². The van der Waals surface area contributed by atoms with Crippen molar-refractivity contribution in [1.82, 2.24) is 19.5 Å². The lowest BCUT2D eigenvalue weighted by atomic mass is 10.1. The van der Waals surface area contributed by atoms with Gasteiger partial charge in [0.1, 0.15) is 0 Å². The Hall–Kier alpha value is -2.77. The number of alkyl halides is 3. The number of aryl methyl sites for hydroxylation is 1. The molecule has 0 amide bonds. The smallest absolute Gasteiger partial charge is 0.259 e. The van der Waals surface area contributed by atoms with E-state index in [1.807, 2.05) is 0 Å². The van der Waals surface area contributed by atoms with Crippen LogP contribution in [0.15, 0.2) is 41.6 Å². The number of hydrogen-bond donors (Lipinski definition) is 0. The van der Waals surface area contributed by atoms with Gasteiger partial charge in [0.25, 0.3) is 0 Å². The number of rotatable bonds is 2. The predicted octanol–water partition coefficient (Wildman–Crippen LogP) is 2.76. The van der Waals surface area contributed by atoms with Gasteiger partial charge < -0.3 is 0 Å². The SMILES string of the molecule is CCc1nc(=O)n(-c2cnccn2)c2cc(C(F)(F)F)ccc12. The molecule has 5 nitrogen and oxygen atoms in total. The van der Waals surface area contributed by atoms with Crippen LogP contribution in [-0.2, 0) is 12.6 Å². The second kappa shape index (κ2) is 5.45. The quantitative estimate of drug-likeness (QED) is 0.728. The molecule has 118 valence electrons. The van der Waals surface area contributed by atoms with Crippen molar-refractivity contribution in [1.29, 1.82) is 0 Å². The minimum atomic E-state index is -4.51. The second-order valence-corrected chi connectivity index (χ2v) is 4.82. The van der Waals surface area contributed by atoms with E-state index in [4.69, 9.17) is 0 Å². The zero-order valence-electron chi connectivity index (χ0n) is 12.0. The zero-order chi connectivity index (χ0) is 16.6. The lowest BCUT2D eigenvalue weighted by Gasteiger charge is -2.13. The zero-order valence-corrected chi connectivity index (χ0v) is 12.0. The highest BCUT2D eigenvalue weighted by Crippen LogP contribution is 2.32. The van der Waals surface area contributed by atoms with Crippen molar-refractivity contribution in [2.24, 2.45) is 0 Å². The van der Waals surface area contributed by atoms with Gasteiger partial charge in [-0.05, 0) is 18.6 Å². The van der Waals surface area contributed by atoms with Crippen molar-refractivity contribution in [3.05, 3.63) is 58.5 Å². The summed E-state index contributed by atoms with van der Waals surface area (Å²) < 4.78 is 40.0. The third-order valence-electron chi connectivity index (χ3n) is 3.41. The van der Waals surface area contributed by atoms with Crippen LogP contribution in [-0.4, -0.2) is 19.5 Å². The summed E-state index contributed by atoms with van der Waals surface area (Å²) in [7, 11) is 0. The molecule has 0 N–H and O–H groups in total. The average Bonchev–Trinajstić information content (AvgIpc) is 2.53. The number of benzene rings is 1. The van der Waals surface area contributed by atoms with Crippen LogP contribution in [0.4, 0.5) is 13.2 Å². The maximum Gasteiger partial charge on any atom is 0.416 e. The standard InChI is InChI=1S/C15H11F3N4O/c1-2-11-10-4-3-9(15(16,17)18)7-12(10)22(14(23)21-11)13-8-19-5-6-20-13/h3-8H,2H2,1H3. The van der Waals surface area contributed by atoms with Crippen LogP contribution in [0.2, 0.25) is 0 Å². The molecule has 0 aliphatic heterocycles. The maximum atomic E-state index is 13.0. The molecule has 8 heteroatoms. The summed E-state index contributed by atoms with van der Waals surface area (Å²) in [6.07, 6.45) is -0.0133. The molecule has 0 aliphatic rings. The topological polar surface area (TPSA) is 60.7 Å². The van der Waals surface area contributed by atoms with Gasteiger partial charge in [-0.3, -0.25) is 4.98 Å². The van der Waals surface area contributed by atoms with Gasteiger partial charge >= 0.3 is 11.9 Å². The number of fused-ring (bicyclic) bond motifs is 1. The fourth-order valence-corrected chi connectivity index (χ4v) is 2.36. The Balaban J connectivity index is 2.43. The largest absolute Gasteiger partial charge is 0.416 e. The fraction of sp³-hybridized carbons (Fsp3) is 0.200. The molecule has 0 aliphatic carbocycles. The second-order valence-electron chi connectivity index (χ2n) is 4.82. The highest BCUT2D eigenvalue weighted by atomic mass is 19.4. The predicted molar refractivity (Wildman–Crippen MR) is 77.3 cm³/mol. The average molecular weight is 320 g/mol. The van der Waals surface area contributed by atoms with E-state index in [1.54, 1.807) is 6.92 Å². The molecule has 3 rings (SSSR count). The Morgan fingerprint density at radius 3 is 2.61 bits per heavy atom.